The molecule has 0 unspecified atom stereocenters. The Balaban J connectivity index is 0. The van der Waals surface area contributed by atoms with Crippen LogP contribution in [-0.4, -0.2) is 21.0 Å². The summed E-state index contributed by atoms with van der Waals surface area (Å²) in [6, 6.07) is 0. The van der Waals surface area contributed by atoms with Gasteiger partial charge in [-0.2, -0.15) is 21.6 Å². The molecule has 0 amide bonds. The monoisotopic (exact) mass is 227 g/mol. The van der Waals surface area contributed by atoms with Crippen molar-refractivity contribution in [2.24, 2.45) is 0 Å². The van der Waals surface area contributed by atoms with Crippen LogP contribution in [0, 0.1) is 0 Å². The summed E-state index contributed by atoms with van der Waals surface area (Å²) in [4.78, 5) is 0. The molecule has 1 radical (unpaired) electrons. The zero-order chi connectivity index (χ0) is 7.71. The molecule has 0 rings (SSSR count). The van der Waals surface area contributed by atoms with E-state index in [9.17, 15) is 21.6 Å². The van der Waals surface area contributed by atoms with Crippen LogP contribution in [0.25, 0.3) is 0 Å². The molecule has 0 heterocycles. The average molecular weight is 228 g/mol. The summed E-state index contributed by atoms with van der Waals surface area (Å²) >= 11 is 0. The van der Waals surface area contributed by atoms with Gasteiger partial charge in [-0.05, 0) is 0 Å². The van der Waals surface area contributed by atoms with Crippen molar-refractivity contribution in [1.29, 1.82) is 0 Å². The number of rotatable bonds is 1. The van der Waals surface area contributed by atoms with Crippen molar-refractivity contribution in [2.75, 3.05) is 7.11 Å². The maximum Gasteiger partial charge on any atom is 0.523 e. The molecule has 0 atom stereocenters. The molecule has 0 aliphatic rings. The second-order valence-corrected chi connectivity index (χ2v) is 2.77. The van der Waals surface area contributed by atoms with Gasteiger partial charge in [0.05, 0.1) is 7.11 Å². The molecule has 0 spiro atoms. The maximum atomic E-state index is 11.1. The standard InChI is InChI=1S/C2H3F3O3S.Cu/c1-8-9(6,7)2(3,4)5;/h1H3;. The van der Waals surface area contributed by atoms with Gasteiger partial charge < -0.3 is 0 Å². The van der Waals surface area contributed by atoms with E-state index in [-0.39, 0.29) is 17.1 Å². The molecule has 0 saturated heterocycles. The zero-order valence-corrected chi connectivity index (χ0v) is 6.33. The molecule has 67 valence electrons. The van der Waals surface area contributed by atoms with Gasteiger partial charge in [0.1, 0.15) is 0 Å². The van der Waals surface area contributed by atoms with Gasteiger partial charge in [-0.3, -0.25) is 4.18 Å². The van der Waals surface area contributed by atoms with Crippen molar-refractivity contribution in [3.05, 3.63) is 0 Å². The van der Waals surface area contributed by atoms with Gasteiger partial charge in [0.15, 0.2) is 0 Å². The Kier molecular flexibility index (Phi) is 4.58. The van der Waals surface area contributed by atoms with Crippen LogP contribution in [0.2, 0.25) is 0 Å². The summed E-state index contributed by atoms with van der Waals surface area (Å²) in [5.41, 5.74) is -5.30. The molecule has 0 aromatic rings. The molecule has 0 aromatic heterocycles. The zero-order valence-electron chi connectivity index (χ0n) is 4.57. The van der Waals surface area contributed by atoms with E-state index in [1.807, 2.05) is 0 Å². The number of halogens is 3. The summed E-state index contributed by atoms with van der Waals surface area (Å²) in [5.74, 6) is 0. The van der Waals surface area contributed by atoms with Gasteiger partial charge in [0.2, 0.25) is 0 Å². The van der Waals surface area contributed by atoms with Crippen LogP contribution in [0.5, 0.6) is 0 Å². The number of hydrogen-bond acceptors (Lipinski definition) is 3. The molecular weight excluding hydrogens is 225 g/mol. The molecule has 0 bridgehead atoms. The second kappa shape index (κ2) is 3.56. The largest absolute Gasteiger partial charge is 0.523 e. The third kappa shape index (κ3) is 2.87. The minimum atomic E-state index is -5.34. The van der Waals surface area contributed by atoms with Gasteiger partial charge >= 0.3 is 15.6 Å². The van der Waals surface area contributed by atoms with E-state index in [2.05, 4.69) is 4.18 Å². The van der Waals surface area contributed by atoms with E-state index in [0.717, 1.165) is 0 Å². The summed E-state index contributed by atoms with van der Waals surface area (Å²) in [6.45, 7) is 0. The first kappa shape index (κ1) is 12.9. The van der Waals surface area contributed by atoms with Crippen LogP contribution in [0.1, 0.15) is 0 Å². The summed E-state index contributed by atoms with van der Waals surface area (Å²) in [5, 5.41) is 0. The van der Waals surface area contributed by atoms with Crippen molar-refractivity contribution >= 4 is 10.1 Å². The van der Waals surface area contributed by atoms with Gasteiger partial charge in [-0.15, -0.1) is 0 Å². The first-order valence-electron chi connectivity index (χ1n) is 1.68. The second-order valence-electron chi connectivity index (χ2n) is 1.07. The molecule has 0 saturated carbocycles. The Morgan fingerprint density at radius 1 is 1.30 bits per heavy atom. The fourth-order valence-corrected chi connectivity index (χ4v) is 0.283. The SMILES string of the molecule is COS(=O)(=O)C(F)(F)F.[Cu]. The maximum absolute atomic E-state index is 11.1. The Hall–Kier alpha value is 0.219. The third-order valence-electron chi connectivity index (χ3n) is 0.503. The van der Waals surface area contributed by atoms with Crippen LogP contribution < -0.4 is 0 Å². The topological polar surface area (TPSA) is 43.4 Å². The molecule has 0 aliphatic carbocycles. The van der Waals surface area contributed by atoms with Crippen molar-refractivity contribution in [1.82, 2.24) is 0 Å². The van der Waals surface area contributed by atoms with E-state index in [0.29, 0.717) is 7.11 Å². The Morgan fingerprint density at radius 2 is 1.60 bits per heavy atom. The van der Waals surface area contributed by atoms with Crippen LogP contribution in [0.4, 0.5) is 13.2 Å². The summed E-state index contributed by atoms with van der Waals surface area (Å²) in [7, 11) is -4.89. The molecular formula is C2H3CuF3O3S. The first-order valence-corrected chi connectivity index (χ1v) is 3.09. The van der Waals surface area contributed by atoms with Gasteiger partial charge in [-0.25, -0.2) is 0 Å². The fourth-order valence-electron chi connectivity index (χ4n) is 0.0945. The minimum absolute atomic E-state index is 0. The fraction of sp³-hybridized carbons (Fsp3) is 1.00. The predicted octanol–water partition coefficient (Wildman–Crippen LogP) is 0.480. The van der Waals surface area contributed by atoms with Crippen LogP contribution in [0.3, 0.4) is 0 Å². The molecule has 0 aromatic carbocycles. The summed E-state index contributed by atoms with van der Waals surface area (Å²) < 4.78 is 55.9. The van der Waals surface area contributed by atoms with E-state index in [1.165, 1.54) is 0 Å². The third-order valence-corrected chi connectivity index (χ3v) is 1.51. The van der Waals surface area contributed by atoms with Gasteiger partial charge in [0.25, 0.3) is 0 Å². The number of hydrogen-bond donors (Lipinski definition) is 0. The first-order chi connectivity index (χ1) is 3.81. The van der Waals surface area contributed by atoms with Crippen molar-refractivity contribution in [3.8, 4) is 0 Å². The molecule has 0 aliphatic heterocycles. The van der Waals surface area contributed by atoms with Crippen molar-refractivity contribution in [3.63, 3.8) is 0 Å². The molecule has 10 heavy (non-hydrogen) atoms. The van der Waals surface area contributed by atoms with E-state index in [1.54, 1.807) is 0 Å². The van der Waals surface area contributed by atoms with E-state index in [4.69, 9.17) is 0 Å². The molecule has 3 nitrogen and oxygen atoms in total. The average Bonchev–Trinajstić information content (AvgIpc) is 1.64. The normalized spacial score (nSPS) is 12.4. The summed E-state index contributed by atoms with van der Waals surface area (Å²) in [6.07, 6.45) is 0. The number of alkyl halides is 3. The van der Waals surface area contributed by atoms with E-state index < -0.39 is 15.6 Å². The van der Waals surface area contributed by atoms with Crippen LogP contribution >= 0.6 is 0 Å². The van der Waals surface area contributed by atoms with E-state index >= 15 is 0 Å². The van der Waals surface area contributed by atoms with Crippen LogP contribution in [0.15, 0.2) is 0 Å². The quantitative estimate of drug-likeness (QED) is 0.372. The van der Waals surface area contributed by atoms with Gasteiger partial charge in [-0.1, -0.05) is 0 Å². The van der Waals surface area contributed by atoms with Crippen molar-refractivity contribution in [2.45, 2.75) is 5.51 Å². The smallest absolute Gasteiger partial charge is 0.267 e. The van der Waals surface area contributed by atoms with Crippen molar-refractivity contribution < 1.29 is 42.8 Å². The minimum Gasteiger partial charge on any atom is -0.267 e. The molecule has 8 heteroatoms. The Morgan fingerprint density at radius 3 is 1.60 bits per heavy atom. The Labute approximate surface area is 66.1 Å². The predicted molar refractivity (Wildman–Crippen MR) is 22.0 cm³/mol. The molecule has 0 fully saturated rings. The van der Waals surface area contributed by atoms with Crippen LogP contribution in [-0.2, 0) is 31.4 Å². The Bertz CT molecular complexity index is 182. The molecule has 0 N–H and O–H groups in total. The van der Waals surface area contributed by atoms with Gasteiger partial charge in [0, 0.05) is 17.1 Å².